The van der Waals surface area contributed by atoms with E-state index in [1.165, 1.54) is 22.7 Å². The Bertz CT molecular complexity index is 602. The number of thioether (sulfide) groups is 1. The maximum absolute atomic E-state index is 13.4. The molecule has 0 atom stereocenters. The average molecular weight is 294 g/mol. The van der Waals surface area contributed by atoms with E-state index in [4.69, 9.17) is 0 Å². The molecular weight excluding hydrogens is 279 g/mol. The summed E-state index contributed by atoms with van der Waals surface area (Å²) in [5.74, 6) is 1.05. The Morgan fingerprint density at radius 2 is 2.20 bits per heavy atom. The number of carbonyl (C=O) groups excluding carboxylic acids is 1. The fourth-order valence-electron chi connectivity index (χ4n) is 1.57. The molecule has 0 spiro atoms. The number of halogens is 1. The number of nitrogens with zero attached hydrogens (tertiary/aromatic N) is 3. The fourth-order valence-corrected chi connectivity index (χ4v) is 2.45. The average Bonchev–Trinajstić information content (AvgIpc) is 2.82. The van der Waals surface area contributed by atoms with Crippen LogP contribution in [0.15, 0.2) is 29.2 Å². The Labute approximate surface area is 120 Å². The molecule has 0 aliphatic carbocycles. The van der Waals surface area contributed by atoms with Gasteiger partial charge in [0.1, 0.15) is 11.6 Å². The van der Waals surface area contributed by atoms with Gasteiger partial charge in [0.2, 0.25) is 5.91 Å². The molecule has 0 saturated heterocycles. The first-order valence-electron chi connectivity index (χ1n) is 6.05. The normalized spacial score (nSPS) is 10.6. The summed E-state index contributed by atoms with van der Waals surface area (Å²) >= 11 is 1.18. The zero-order valence-electron chi connectivity index (χ0n) is 11.3. The van der Waals surface area contributed by atoms with E-state index in [9.17, 15) is 9.18 Å². The maximum Gasteiger partial charge on any atom is 0.233 e. The van der Waals surface area contributed by atoms with Crippen LogP contribution in [0.4, 0.5) is 4.39 Å². The first kappa shape index (κ1) is 14.5. The SMILES string of the molecule is Cc1nc(CN(C)C(=O)CSc2ccccc2F)n[nH]1. The number of aromatic amines is 1. The summed E-state index contributed by atoms with van der Waals surface area (Å²) in [7, 11) is 1.68. The van der Waals surface area contributed by atoms with Gasteiger partial charge < -0.3 is 4.90 Å². The lowest BCUT2D eigenvalue weighted by Crippen LogP contribution is -2.28. The molecule has 1 aromatic heterocycles. The van der Waals surface area contributed by atoms with E-state index in [1.807, 2.05) is 0 Å². The second-order valence-corrected chi connectivity index (χ2v) is 5.32. The first-order chi connectivity index (χ1) is 9.56. The van der Waals surface area contributed by atoms with Gasteiger partial charge in [0.15, 0.2) is 5.82 Å². The third-order valence-corrected chi connectivity index (χ3v) is 3.67. The van der Waals surface area contributed by atoms with Crippen LogP contribution in [0.25, 0.3) is 0 Å². The smallest absolute Gasteiger partial charge is 0.233 e. The quantitative estimate of drug-likeness (QED) is 0.857. The third-order valence-electron chi connectivity index (χ3n) is 2.64. The second kappa shape index (κ2) is 6.51. The number of H-pyrrole nitrogens is 1. The molecular formula is C13H15FN4OS. The van der Waals surface area contributed by atoms with Gasteiger partial charge in [-0.25, -0.2) is 9.37 Å². The van der Waals surface area contributed by atoms with Crippen LogP contribution in [0, 0.1) is 12.7 Å². The van der Waals surface area contributed by atoms with Crippen LogP contribution in [0.5, 0.6) is 0 Å². The van der Waals surface area contributed by atoms with Crippen LogP contribution >= 0.6 is 11.8 Å². The number of benzene rings is 1. The molecule has 106 valence electrons. The van der Waals surface area contributed by atoms with Gasteiger partial charge in [-0.2, -0.15) is 5.10 Å². The number of aryl methyl sites for hydroxylation is 1. The lowest BCUT2D eigenvalue weighted by molar-refractivity contribution is -0.127. The van der Waals surface area contributed by atoms with Crippen LogP contribution in [-0.2, 0) is 11.3 Å². The van der Waals surface area contributed by atoms with Crippen molar-refractivity contribution in [1.29, 1.82) is 0 Å². The highest BCUT2D eigenvalue weighted by atomic mass is 32.2. The van der Waals surface area contributed by atoms with E-state index in [1.54, 1.807) is 32.2 Å². The summed E-state index contributed by atoms with van der Waals surface area (Å²) < 4.78 is 13.4. The Morgan fingerprint density at radius 3 is 2.85 bits per heavy atom. The van der Waals surface area contributed by atoms with Gasteiger partial charge in [-0.1, -0.05) is 12.1 Å². The molecule has 0 saturated carbocycles. The molecule has 0 bridgehead atoms. The minimum absolute atomic E-state index is 0.0966. The lowest BCUT2D eigenvalue weighted by Gasteiger charge is -2.14. The van der Waals surface area contributed by atoms with Crippen molar-refractivity contribution in [2.24, 2.45) is 0 Å². The van der Waals surface area contributed by atoms with Gasteiger partial charge >= 0.3 is 0 Å². The molecule has 1 heterocycles. The van der Waals surface area contributed by atoms with E-state index in [2.05, 4.69) is 15.2 Å². The van der Waals surface area contributed by atoms with Gasteiger partial charge in [0.25, 0.3) is 0 Å². The predicted molar refractivity (Wildman–Crippen MR) is 74.7 cm³/mol. The van der Waals surface area contributed by atoms with Crippen LogP contribution in [0.2, 0.25) is 0 Å². The van der Waals surface area contributed by atoms with Crippen molar-refractivity contribution in [2.45, 2.75) is 18.4 Å². The Kier molecular flexibility index (Phi) is 4.73. The minimum atomic E-state index is -0.308. The number of rotatable bonds is 5. The number of carbonyl (C=O) groups is 1. The molecule has 1 aromatic carbocycles. The van der Waals surface area contributed by atoms with Crippen LogP contribution in [0.3, 0.4) is 0 Å². The summed E-state index contributed by atoms with van der Waals surface area (Å²) in [5, 5.41) is 6.70. The van der Waals surface area contributed by atoms with E-state index in [0.717, 1.165) is 0 Å². The molecule has 0 aliphatic heterocycles. The van der Waals surface area contributed by atoms with Crippen molar-refractivity contribution in [3.05, 3.63) is 41.7 Å². The van der Waals surface area contributed by atoms with E-state index in [0.29, 0.717) is 23.1 Å². The third kappa shape index (κ3) is 3.80. The summed E-state index contributed by atoms with van der Waals surface area (Å²) in [6.45, 7) is 2.13. The maximum atomic E-state index is 13.4. The summed E-state index contributed by atoms with van der Waals surface area (Å²) in [6.07, 6.45) is 0. The van der Waals surface area contributed by atoms with Crippen molar-refractivity contribution >= 4 is 17.7 Å². The molecule has 0 aliphatic rings. The fraction of sp³-hybridized carbons (Fsp3) is 0.308. The van der Waals surface area contributed by atoms with Crippen molar-refractivity contribution < 1.29 is 9.18 Å². The molecule has 0 unspecified atom stereocenters. The molecule has 1 N–H and O–H groups in total. The largest absolute Gasteiger partial charge is 0.337 e. The Hall–Kier alpha value is -1.89. The Balaban J connectivity index is 1.87. The zero-order chi connectivity index (χ0) is 14.5. The number of nitrogens with one attached hydrogen (secondary N) is 1. The highest BCUT2D eigenvalue weighted by Gasteiger charge is 2.13. The van der Waals surface area contributed by atoms with Crippen LogP contribution in [0.1, 0.15) is 11.6 Å². The van der Waals surface area contributed by atoms with Crippen molar-refractivity contribution in [1.82, 2.24) is 20.1 Å². The lowest BCUT2D eigenvalue weighted by atomic mass is 10.3. The first-order valence-corrected chi connectivity index (χ1v) is 7.04. The highest BCUT2D eigenvalue weighted by molar-refractivity contribution is 8.00. The van der Waals surface area contributed by atoms with Gasteiger partial charge in [0, 0.05) is 11.9 Å². The second-order valence-electron chi connectivity index (χ2n) is 4.31. The summed E-state index contributed by atoms with van der Waals surface area (Å²) in [4.78, 5) is 18.1. The molecule has 20 heavy (non-hydrogen) atoms. The molecule has 7 heteroatoms. The number of hydrogen-bond donors (Lipinski definition) is 1. The van der Waals surface area contributed by atoms with Crippen molar-refractivity contribution in [2.75, 3.05) is 12.8 Å². The van der Waals surface area contributed by atoms with Gasteiger partial charge in [-0.05, 0) is 19.1 Å². The van der Waals surface area contributed by atoms with Gasteiger partial charge in [-0.3, -0.25) is 9.89 Å². The number of aromatic nitrogens is 3. The predicted octanol–water partition coefficient (Wildman–Crippen LogP) is 2.00. The monoisotopic (exact) mass is 294 g/mol. The van der Waals surface area contributed by atoms with E-state index < -0.39 is 0 Å². The van der Waals surface area contributed by atoms with E-state index >= 15 is 0 Å². The molecule has 1 amide bonds. The van der Waals surface area contributed by atoms with Crippen molar-refractivity contribution in [3.63, 3.8) is 0 Å². The summed E-state index contributed by atoms with van der Waals surface area (Å²) in [5.41, 5.74) is 0. The van der Waals surface area contributed by atoms with Gasteiger partial charge in [-0.15, -0.1) is 11.8 Å². The van der Waals surface area contributed by atoms with Crippen molar-refractivity contribution in [3.8, 4) is 0 Å². The van der Waals surface area contributed by atoms with Crippen LogP contribution in [-0.4, -0.2) is 38.8 Å². The topological polar surface area (TPSA) is 61.9 Å². The number of amides is 1. The van der Waals surface area contributed by atoms with Crippen LogP contribution < -0.4 is 0 Å². The molecule has 0 fully saturated rings. The van der Waals surface area contributed by atoms with Gasteiger partial charge in [0.05, 0.1) is 12.3 Å². The summed E-state index contributed by atoms with van der Waals surface area (Å²) in [6, 6.07) is 6.41. The molecule has 5 nitrogen and oxygen atoms in total. The zero-order valence-corrected chi connectivity index (χ0v) is 12.1. The number of hydrogen-bond acceptors (Lipinski definition) is 4. The minimum Gasteiger partial charge on any atom is -0.337 e. The highest BCUT2D eigenvalue weighted by Crippen LogP contribution is 2.21. The Morgan fingerprint density at radius 1 is 1.45 bits per heavy atom. The standard InChI is InChI=1S/C13H15FN4OS/c1-9-15-12(17-16-9)7-18(2)13(19)8-20-11-6-4-3-5-10(11)14/h3-6H,7-8H2,1-2H3,(H,15,16,17). The molecule has 2 rings (SSSR count). The molecule has 2 aromatic rings. The van der Waals surface area contributed by atoms with E-state index in [-0.39, 0.29) is 17.5 Å². The molecule has 0 radical (unpaired) electrons.